The van der Waals surface area contributed by atoms with E-state index in [0.717, 1.165) is 65.7 Å². The standard InChI is InChI=1S/C20H23N5O2/c21-19-16-14-12(25(11-3-1-2-4-11)20(16)23-9-22-19)7-8-13(26)15-17(14)24-27-18(15)10-5-6-10/h9-11,13,26H,1-8H2,(H2,21,22,23)/t13-/m1/s1. The lowest BCUT2D eigenvalue weighted by Crippen LogP contribution is -2.10. The Bertz CT molecular complexity index is 1040. The predicted molar refractivity (Wildman–Crippen MR) is 100 cm³/mol. The second kappa shape index (κ2) is 5.55. The van der Waals surface area contributed by atoms with Gasteiger partial charge in [0.05, 0.1) is 17.1 Å². The van der Waals surface area contributed by atoms with Gasteiger partial charge in [0.2, 0.25) is 0 Å². The van der Waals surface area contributed by atoms with E-state index in [1.165, 1.54) is 18.5 Å². The summed E-state index contributed by atoms with van der Waals surface area (Å²) in [5, 5.41) is 16.2. The van der Waals surface area contributed by atoms with Crippen molar-refractivity contribution in [1.29, 1.82) is 0 Å². The molecular weight excluding hydrogens is 342 g/mol. The maximum absolute atomic E-state index is 10.9. The van der Waals surface area contributed by atoms with Gasteiger partial charge in [0.25, 0.3) is 0 Å². The summed E-state index contributed by atoms with van der Waals surface area (Å²) in [4.78, 5) is 8.88. The van der Waals surface area contributed by atoms with Crippen LogP contribution in [-0.2, 0) is 6.42 Å². The molecule has 3 aliphatic rings. The van der Waals surface area contributed by atoms with E-state index >= 15 is 0 Å². The molecule has 3 aliphatic carbocycles. The first kappa shape index (κ1) is 15.6. The van der Waals surface area contributed by atoms with Crippen LogP contribution in [0.25, 0.3) is 22.3 Å². The van der Waals surface area contributed by atoms with Crippen molar-refractivity contribution < 1.29 is 9.63 Å². The van der Waals surface area contributed by atoms with Crippen LogP contribution in [-0.4, -0.2) is 24.8 Å². The summed E-state index contributed by atoms with van der Waals surface area (Å²) in [5.41, 5.74) is 11.0. The van der Waals surface area contributed by atoms with Gasteiger partial charge in [-0.3, -0.25) is 0 Å². The van der Waals surface area contributed by atoms with Gasteiger partial charge >= 0.3 is 0 Å². The van der Waals surface area contributed by atoms with Gasteiger partial charge in [0.1, 0.15) is 29.2 Å². The number of rotatable bonds is 2. The zero-order valence-electron chi connectivity index (χ0n) is 15.2. The minimum atomic E-state index is -0.549. The Labute approximate surface area is 156 Å². The highest BCUT2D eigenvalue weighted by molar-refractivity contribution is 6.02. The van der Waals surface area contributed by atoms with Gasteiger partial charge in [-0.25, -0.2) is 9.97 Å². The fraction of sp³-hybridized carbons (Fsp3) is 0.550. The maximum atomic E-state index is 10.9. The highest BCUT2D eigenvalue weighted by Crippen LogP contribution is 2.51. The molecule has 7 nitrogen and oxygen atoms in total. The zero-order valence-corrected chi connectivity index (χ0v) is 15.2. The summed E-state index contributed by atoms with van der Waals surface area (Å²) in [5.74, 6) is 1.74. The van der Waals surface area contributed by atoms with Crippen LogP contribution in [0.2, 0.25) is 0 Å². The topological polar surface area (TPSA) is 103 Å². The van der Waals surface area contributed by atoms with E-state index < -0.39 is 6.10 Å². The van der Waals surface area contributed by atoms with E-state index in [0.29, 0.717) is 24.2 Å². The second-order valence-corrected chi connectivity index (χ2v) is 8.23. The van der Waals surface area contributed by atoms with Gasteiger partial charge in [-0.05, 0) is 38.5 Å². The molecule has 3 heterocycles. The molecule has 0 saturated heterocycles. The molecule has 6 rings (SSSR count). The molecule has 0 bridgehead atoms. The average Bonchev–Trinajstić information content (AvgIpc) is 3.11. The zero-order chi connectivity index (χ0) is 18.1. The quantitative estimate of drug-likeness (QED) is 0.719. The Hall–Kier alpha value is -2.41. The highest BCUT2D eigenvalue weighted by Gasteiger charge is 2.39. The van der Waals surface area contributed by atoms with Crippen LogP contribution in [0.15, 0.2) is 10.9 Å². The second-order valence-electron chi connectivity index (χ2n) is 8.23. The van der Waals surface area contributed by atoms with Crippen LogP contribution in [0.1, 0.15) is 80.0 Å². The molecule has 3 aromatic rings. The number of nitrogens with zero attached hydrogens (tertiary/aromatic N) is 4. The van der Waals surface area contributed by atoms with Crippen molar-refractivity contribution in [3.8, 4) is 11.3 Å². The molecule has 2 saturated carbocycles. The van der Waals surface area contributed by atoms with Crippen molar-refractivity contribution in [1.82, 2.24) is 19.7 Å². The molecule has 0 unspecified atom stereocenters. The molecule has 27 heavy (non-hydrogen) atoms. The van der Waals surface area contributed by atoms with Gasteiger partial charge in [-0.15, -0.1) is 0 Å². The van der Waals surface area contributed by atoms with Crippen LogP contribution in [0.5, 0.6) is 0 Å². The number of fused-ring (bicyclic) bond motifs is 5. The summed E-state index contributed by atoms with van der Waals surface area (Å²) in [6.45, 7) is 0. The molecular formula is C20H23N5O2. The molecule has 1 atom stereocenters. The van der Waals surface area contributed by atoms with Gasteiger partial charge < -0.3 is 19.9 Å². The van der Waals surface area contributed by atoms with E-state index in [-0.39, 0.29) is 0 Å². The number of hydrogen-bond donors (Lipinski definition) is 2. The average molecular weight is 365 g/mol. The van der Waals surface area contributed by atoms with Crippen LogP contribution >= 0.6 is 0 Å². The number of hydrogen-bond acceptors (Lipinski definition) is 6. The number of aromatic nitrogens is 4. The molecule has 2 fully saturated rings. The van der Waals surface area contributed by atoms with Gasteiger partial charge in [0.15, 0.2) is 0 Å². The molecule has 3 aromatic heterocycles. The van der Waals surface area contributed by atoms with E-state index in [1.54, 1.807) is 6.33 Å². The summed E-state index contributed by atoms with van der Waals surface area (Å²) in [6.07, 6.45) is 9.45. The number of aliphatic hydroxyl groups excluding tert-OH is 1. The van der Waals surface area contributed by atoms with Crippen LogP contribution < -0.4 is 5.73 Å². The van der Waals surface area contributed by atoms with E-state index in [4.69, 9.17) is 10.3 Å². The Morgan fingerprint density at radius 3 is 2.70 bits per heavy atom. The summed E-state index contributed by atoms with van der Waals surface area (Å²) < 4.78 is 8.11. The Morgan fingerprint density at radius 1 is 1.11 bits per heavy atom. The van der Waals surface area contributed by atoms with Crippen LogP contribution in [0.3, 0.4) is 0 Å². The van der Waals surface area contributed by atoms with Gasteiger partial charge in [-0.1, -0.05) is 18.0 Å². The summed E-state index contributed by atoms with van der Waals surface area (Å²) in [7, 11) is 0. The van der Waals surface area contributed by atoms with Gasteiger partial charge in [-0.2, -0.15) is 0 Å². The first-order valence-corrected chi connectivity index (χ1v) is 10.0. The fourth-order valence-electron chi connectivity index (χ4n) is 5.13. The van der Waals surface area contributed by atoms with E-state index in [1.807, 2.05) is 0 Å². The van der Waals surface area contributed by atoms with Crippen LogP contribution in [0.4, 0.5) is 5.82 Å². The van der Waals surface area contributed by atoms with E-state index in [9.17, 15) is 5.11 Å². The lowest BCUT2D eigenvalue weighted by molar-refractivity contribution is 0.165. The summed E-state index contributed by atoms with van der Waals surface area (Å²) >= 11 is 0. The Morgan fingerprint density at radius 2 is 1.93 bits per heavy atom. The Balaban J connectivity index is 1.69. The van der Waals surface area contributed by atoms with Gasteiger partial charge in [0, 0.05) is 23.2 Å². The first-order chi connectivity index (χ1) is 13.2. The van der Waals surface area contributed by atoms with Crippen molar-refractivity contribution in [2.45, 2.75) is 69.4 Å². The fourth-order valence-corrected chi connectivity index (χ4v) is 5.13. The largest absolute Gasteiger partial charge is 0.388 e. The monoisotopic (exact) mass is 365 g/mol. The molecule has 0 radical (unpaired) electrons. The molecule has 0 amide bonds. The predicted octanol–water partition coefficient (Wildman–Crippen LogP) is 3.64. The normalized spacial score (nSPS) is 22.8. The SMILES string of the molecule is Nc1ncnc2c1c1c(n2C2CCCC2)CC[C@@H](O)c2c-1noc2C1CC1. The first-order valence-electron chi connectivity index (χ1n) is 10.0. The minimum Gasteiger partial charge on any atom is -0.388 e. The number of anilines is 1. The number of nitrogen functional groups attached to an aromatic ring is 1. The number of aliphatic hydroxyl groups is 1. The highest BCUT2D eigenvalue weighted by atomic mass is 16.5. The van der Waals surface area contributed by atoms with Crippen molar-refractivity contribution in [3.63, 3.8) is 0 Å². The van der Waals surface area contributed by atoms with Crippen molar-refractivity contribution in [2.75, 3.05) is 5.73 Å². The number of nitrogens with two attached hydrogens (primary N) is 1. The van der Waals surface area contributed by atoms with Crippen molar-refractivity contribution in [3.05, 3.63) is 23.3 Å². The smallest absolute Gasteiger partial charge is 0.146 e. The molecule has 7 heteroatoms. The lowest BCUT2D eigenvalue weighted by atomic mass is 10.0. The third-order valence-corrected chi connectivity index (χ3v) is 6.53. The molecule has 0 aliphatic heterocycles. The molecule has 140 valence electrons. The maximum Gasteiger partial charge on any atom is 0.146 e. The molecule has 0 spiro atoms. The molecule has 3 N–H and O–H groups in total. The lowest BCUT2D eigenvalue weighted by Gasteiger charge is -2.17. The van der Waals surface area contributed by atoms with Crippen molar-refractivity contribution >= 4 is 16.9 Å². The minimum absolute atomic E-state index is 0.397. The third-order valence-electron chi connectivity index (χ3n) is 6.53. The Kier molecular flexibility index (Phi) is 3.21. The summed E-state index contributed by atoms with van der Waals surface area (Å²) in [6, 6.07) is 0.430. The van der Waals surface area contributed by atoms with E-state index in [2.05, 4.69) is 19.7 Å². The van der Waals surface area contributed by atoms with Crippen molar-refractivity contribution in [2.24, 2.45) is 0 Å². The molecule has 0 aromatic carbocycles. The van der Waals surface area contributed by atoms with Crippen LogP contribution in [0, 0.1) is 0 Å². The third kappa shape index (κ3) is 2.15.